The van der Waals surface area contributed by atoms with Crippen LogP contribution in [-0.4, -0.2) is 40.3 Å². The van der Waals surface area contributed by atoms with Crippen molar-refractivity contribution < 1.29 is 4.79 Å². The first kappa shape index (κ1) is 16.6. The Bertz CT molecular complexity index is 940. The van der Waals surface area contributed by atoms with Gasteiger partial charge >= 0.3 is 0 Å². The SMILES string of the molecule is Cc1ccn2cc(C(=O)N(C)Cc3ccccc3N3CCCC3)nc2c1. The fourth-order valence-corrected chi connectivity index (χ4v) is 3.62. The van der Waals surface area contributed by atoms with Gasteiger partial charge in [0, 0.05) is 44.8 Å². The molecule has 1 aromatic carbocycles. The Balaban J connectivity index is 1.55. The van der Waals surface area contributed by atoms with Gasteiger partial charge in [0.25, 0.3) is 5.91 Å². The van der Waals surface area contributed by atoms with Crippen LogP contribution >= 0.6 is 0 Å². The Hall–Kier alpha value is -2.82. The average molecular weight is 348 g/mol. The van der Waals surface area contributed by atoms with Gasteiger partial charge in [-0.05, 0) is 49.1 Å². The minimum atomic E-state index is -0.0532. The third-order valence-corrected chi connectivity index (χ3v) is 5.03. The fourth-order valence-electron chi connectivity index (χ4n) is 3.62. The number of aromatic nitrogens is 2. The lowest BCUT2D eigenvalue weighted by molar-refractivity contribution is 0.0780. The fraction of sp³-hybridized carbons (Fsp3) is 0.333. The lowest BCUT2D eigenvalue weighted by atomic mass is 10.1. The molecular formula is C21H24N4O. The van der Waals surface area contributed by atoms with Crippen molar-refractivity contribution in [1.29, 1.82) is 0 Å². The van der Waals surface area contributed by atoms with E-state index in [4.69, 9.17) is 0 Å². The van der Waals surface area contributed by atoms with E-state index in [1.165, 1.54) is 24.1 Å². The Morgan fingerprint density at radius 2 is 1.96 bits per heavy atom. The normalized spacial score (nSPS) is 14.2. The number of para-hydroxylation sites is 1. The van der Waals surface area contributed by atoms with Crippen molar-refractivity contribution in [3.05, 3.63) is 65.6 Å². The van der Waals surface area contributed by atoms with Gasteiger partial charge in [0.1, 0.15) is 11.3 Å². The van der Waals surface area contributed by atoms with Gasteiger partial charge < -0.3 is 14.2 Å². The molecule has 0 N–H and O–H groups in total. The van der Waals surface area contributed by atoms with Crippen LogP contribution < -0.4 is 4.90 Å². The highest BCUT2D eigenvalue weighted by atomic mass is 16.2. The molecule has 1 saturated heterocycles. The van der Waals surface area contributed by atoms with E-state index in [0.29, 0.717) is 12.2 Å². The number of amides is 1. The summed E-state index contributed by atoms with van der Waals surface area (Å²) in [4.78, 5) is 21.5. The molecule has 0 bridgehead atoms. The smallest absolute Gasteiger partial charge is 0.274 e. The van der Waals surface area contributed by atoms with E-state index < -0.39 is 0 Å². The maximum atomic E-state index is 12.9. The van der Waals surface area contributed by atoms with Crippen LogP contribution in [-0.2, 0) is 6.54 Å². The van der Waals surface area contributed by atoms with E-state index in [1.807, 2.05) is 42.8 Å². The highest BCUT2D eigenvalue weighted by Gasteiger charge is 2.19. The molecule has 1 aliphatic heterocycles. The summed E-state index contributed by atoms with van der Waals surface area (Å²) in [6.45, 7) is 4.80. The maximum Gasteiger partial charge on any atom is 0.274 e. The van der Waals surface area contributed by atoms with Gasteiger partial charge in [0.2, 0.25) is 0 Å². The van der Waals surface area contributed by atoms with Crippen LogP contribution in [0, 0.1) is 6.92 Å². The molecule has 3 aromatic rings. The minimum Gasteiger partial charge on any atom is -0.371 e. The molecule has 0 radical (unpaired) electrons. The second-order valence-corrected chi connectivity index (χ2v) is 7.08. The van der Waals surface area contributed by atoms with Crippen LogP contribution in [0.4, 0.5) is 5.69 Å². The number of fused-ring (bicyclic) bond motifs is 1. The van der Waals surface area contributed by atoms with Crippen LogP contribution in [0.3, 0.4) is 0 Å². The van der Waals surface area contributed by atoms with Crippen LogP contribution in [0.2, 0.25) is 0 Å². The number of hydrogen-bond acceptors (Lipinski definition) is 3. The third-order valence-electron chi connectivity index (χ3n) is 5.03. The number of nitrogens with zero attached hydrogens (tertiary/aromatic N) is 4. The van der Waals surface area contributed by atoms with Gasteiger partial charge in [-0.15, -0.1) is 0 Å². The summed E-state index contributed by atoms with van der Waals surface area (Å²) in [6.07, 6.45) is 6.23. The van der Waals surface area contributed by atoms with Crippen molar-refractivity contribution in [2.45, 2.75) is 26.3 Å². The van der Waals surface area contributed by atoms with E-state index in [-0.39, 0.29) is 5.91 Å². The van der Waals surface area contributed by atoms with Crippen molar-refractivity contribution in [1.82, 2.24) is 14.3 Å². The summed E-state index contributed by atoms with van der Waals surface area (Å²) in [7, 11) is 1.85. The Labute approximate surface area is 153 Å². The molecule has 0 spiro atoms. The Kier molecular flexibility index (Phi) is 4.37. The van der Waals surface area contributed by atoms with Gasteiger partial charge in [0.15, 0.2) is 0 Å². The molecule has 0 unspecified atom stereocenters. The molecule has 0 saturated carbocycles. The number of aryl methyl sites for hydroxylation is 1. The molecule has 0 atom stereocenters. The van der Waals surface area contributed by atoms with E-state index >= 15 is 0 Å². The van der Waals surface area contributed by atoms with Crippen LogP contribution in [0.1, 0.15) is 34.5 Å². The number of anilines is 1. The van der Waals surface area contributed by atoms with Gasteiger partial charge in [-0.25, -0.2) is 4.98 Å². The first-order chi connectivity index (χ1) is 12.6. The van der Waals surface area contributed by atoms with Crippen molar-refractivity contribution in [2.75, 3.05) is 25.0 Å². The molecule has 1 amide bonds. The van der Waals surface area contributed by atoms with Gasteiger partial charge in [-0.1, -0.05) is 18.2 Å². The molecule has 3 heterocycles. The summed E-state index contributed by atoms with van der Waals surface area (Å²) >= 11 is 0. The monoisotopic (exact) mass is 348 g/mol. The Morgan fingerprint density at radius 3 is 2.77 bits per heavy atom. The molecule has 26 heavy (non-hydrogen) atoms. The predicted octanol–water partition coefficient (Wildman–Crippen LogP) is 3.52. The molecule has 0 aliphatic carbocycles. The van der Waals surface area contributed by atoms with E-state index in [9.17, 15) is 4.79 Å². The third kappa shape index (κ3) is 3.17. The molecule has 1 fully saturated rings. The highest BCUT2D eigenvalue weighted by Crippen LogP contribution is 2.25. The molecule has 134 valence electrons. The van der Waals surface area contributed by atoms with Gasteiger partial charge in [0.05, 0.1) is 0 Å². The van der Waals surface area contributed by atoms with Crippen molar-refractivity contribution in [2.24, 2.45) is 0 Å². The lowest BCUT2D eigenvalue weighted by Gasteiger charge is -2.24. The number of carbonyl (C=O) groups is 1. The zero-order valence-electron chi connectivity index (χ0n) is 15.4. The standard InChI is InChI=1S/C21H24N4O/c1-16-9-12-25-15-18(22-20(25)13-16)21(26)23(2)14-17-7-3-4-8-19(17)24-10-5-6-11-24/h3-4,7-9,12-13,15H,5-6,10-11,14H2,1-2H3. The molecule has 5 nitrogen and oxygen atoms in total. The molecular weight excluding hydrogens is 324 g/mol. The second-order valence-electron chi connectivity index (χ2n) is 7.08. The summed E-state index contributed by atoms with van der Waals surface area (Å²) < 4.78 is 1.90. The number of pyridine rings is 1. The quantitative estimate of drug-likeness (QED) is 0.724. The van der Waals surface area contributed by atoms with Crippen LogP contribution in [0.25, 0.3) is 5.65 Å². The Morgan fingerprint density at radius 1 is 1.19 bits per heavy atom. The number of imidazole rings is 1. The second kappa shape index (κ2) is 6.83. The number of rotatable bonds is 4. The minimum absolute atomic E-state index is 0.0532. The summed E-state index contributed by atoms with van der Waals surface area (Å²) in [6, 6.07) is 12.4. The number of benzene rings is 1. The lowest BCUT2D eigenvalue weighted by Crippen LogP contribution is -2.28. The number of hydrogen-bond donors (Lipinski definition) is 0. The van der Waals surface area contributed by atoms with E-state index in [0.717, 1.165) is 24.3 Å². The first-order valence-electron chi connectivity index (χ1n) is 9.15. The zero-order valence-corrected chi connectivity index (χ0v) is 15.4. The first-order valence-corrected chi connectivity index (χ1v) is 9.15. The summed E-state index contributed by atoms with van der Waals surface area (Å²) in [5, 5.41) is 0. The van der Waals surface area contributed by atoms with Crippen molar-refractivity contribution in [3.63, 3.8) is 0 Å². The highest BCUT2D eigenvalue weighted by molar-refractivity contribution is 5.92. The zero-order chi connectivity index (χ0) is 18.1. The number of carbonyl (C=O) groups excluding carboxylic acids is 1. The average Bonchev–Trinajstić information content (AvgIpc) is 3.30. The molecule has 1 aliphatic rings. The van der Waals surface area contributed by atoms with Gasteiger partial charge in [-0.2, -0.15) is 0 Å². The largest absolute Gasteiger partial charge is 0.371 e. The molecule has 2 aromatic heterocycles. The van der Waals surface area contributed by atoms with E-state index in [2.05, 4.69) is 28.1 Å². The van der Waals surface area contributed by atoms with Crippen LogP contribution in [0.15, 0.2) is 48.8 Å². The van der Waals surface area contributed by atoms with Crippen molar-refractivity contribution in [3.8, 4) is 0 Å². The van der Waals surface area contributed by atoms with Gasteiger partial charge in [-0.3, -0.25) is 4.79 Å². The van der Waals surface area contributed by atoms with Crippen molar-refractivity contribution >= 4 is 17.2 Å². The predicted molar refractivity (Wildman–Crippen MR) is 104 cm³/mol. The molecule has 5 heteroatoms. The van der Waals surface area contributed by atoms with E-state index in [1.54, 1.807) is 11.1 Å². The topological polar surface area (TPSA) is 40.9 Å². The van der Waals surface area contributed by atoms with Crippen LogP contribution in [0.5, 0.6) is 0 Å². The summed E-state index contributed by atoms with van der Waals surface area (Å²) in [5.74, 6) is -0.0532. The maximum absolute atomic E-state index is 12.9. The molecule has 4 rings (SSSR count). The summed E-state index contributed by atoms with van der Waals surface area (Å²) in [5.41, 5.74) is 4.85.